The number of rotatable bonds is 4. The highest BCUT2D eigenvalue weighted by atomic mass is 16.5. The van der Waals surface area contributed by atoms with E-state index >= 15 is 0 Å². The van der Waals surface area contributed by atoms with E-state index in [-0.39, 0.29) is 11.9 Å². The third kappa shape index (κ3) is 3.34. The van der Waals surface area contributed by atoms with Crippen LogP contribution in [0.4, 0.5) is 4.79 Å². The molecule has 2 atom stereocenters. The minimum absolute atomic E-state index is 0.0184. The summed E-state index contributed by atoms with van der Waals surface area (Å²) < 4.78 is 4.84. The number of nitrogens with one attached hydrogen (secondary N) is 2. The molecular weight excluding hydrogens is 318 g/mol. The Kier molecular flexibility index (Phi) is 4.97. The summed E-state index contributed by atoms with van der Waals surface area (Å²) in [6.45, 7) is 5.08. The van der Waals surface area contributed by atoms with Gasteiger partial charge in [-0.3, -0.25) is 0 Å². The first-order valence-electron chi connectivity index (χ1n) is 8.76. The number of hydrogen-bond acceptors (Lipinski definition) is 3. The van der Waals surface area contributed by atoms with E-state index in [9.17, 15) is 9.59 Å². The molecule has 2 N–H and O–H groups in total. The van der Waals surface area contributed by atoms with Crippen molar-refractivity contribution in [2.45, 2.75) is 39.3 Å². The molecule has 2 aromatic rings. The molecule has 1 aliphatic heterocycles. The number of amides is 2. The van der Waals surface area contributed by atoms with Gasteiger partial charge in [0.25, 0.3) is 0 Å². The molecule has 0 aliphatic carbocycles. The van der Waals surface area contributed by atoms with E-state index in [1.165, 1.54) is 18.1 Å². The summed E-state index contributed by atoms with van der Waals surface area (Å²) in [4.78, 5) is 29.8. The Bertz CT molecular complexity index is 783. The Morgan fingerprint density at radius 2 is 2.12 bits per heavy atom. The zero-order chi connectivity index (χ0) is 18.0. The van der Waals surface area contributed by atoms with Crippen molar-refractivity contribution in [3.05, 3.63) is 35.5 Å². The van der Waals surface area contributed by atoms with Crippen LogP contribution in [0.3, 0.4) is 0 Å². The first-order valence-corrected chi connectivity index (χ1v) is 8.76. The number of para-hydroxylation sites is 1. The quantitative estimate of drug-likeness (QED) is 0.838. The van der Waals surface area contributed by atoms with Crippen LogP contribution in [-0.4, -0.2) is 41.6 Å². The van der Waals surface area contributed by atoms with Crippen molar-refractivity contribution in [2.75, 3.05) is 13.7 Å². The number of carbonyl (C=O) groups excluding carboxylic acids is 2. The first-order chi connectivity index (χ1) is 12.0. The normalized spacial score (nSPS) is 16.2. The lowest BCUT2D eigenvalue weighted by Gasteiger charge is -2.30. The van der Waals surface area contributed by atoms with E-state index in [0.717, 1.165) is 24.1 Å². The number of H-pyrrole nitrogens is 1. The first kappa shape index (κ1) is 17.3. The van der Waals surface area contributed by atoms with Crippen molar-refractivity contribution in [3.8, 4) is 0 Å². The van der Waals surface area contributed by atoms with Crippen molar-refractivity contribution in [2.24, 2.45) is 5.92 Å². The van der Waals surface area contributed by atoms with Gasteiger partial charge in [-0.25, -0.2) is 9.59 Å². The fourth-order valence-corrected chi connectivity index (χ4v) is 3.39. The van der Waals surface area contributed by atoms with Crippen LogP contribution in [0.15, 0.2) is 24.3 Å². The largest absolute Gasteiger partial charge is 0.467 e. The maximum atomic E-state index is 12.7. The van der Waals surface area contributed by atoms with E-state index in [1.807, 2.05) is 32.0 Å². The second-order valence-corrected chi connectivity index (χ2v) is 6.64. The van der Waals surface area contributed by atoms with Crippen LogP contribution >= 0.6 is 0 Å². The number of urea groups is 1. The third-order valence-electron chi connectivity index (χ3n) is 5.12. The van der Waals surface area contributed by atoms with Crippen LogP contribution in [-0.2, 0) is 22.5 Å². The summed E-state index contributed by atoms with van der Waals surface area (Å²) in [6.07, 6.45) is 1.59. The van der Waals surface area contributed by atoms with Gasteiger partial charge in [0.2, 0.25) is 0 Å². The molecule has 1 aromatic carbocycles. The summed E-state index contributed by atoms with van der Waals surface area (Å²) in [7, 11) is 1.35. The molecule has 1 aromatic heterocycles. The lowest BCUT2D eigenvalue weighted by Crippen LogP contribution is -2.51. The lowest BCUT2D eigenvalue weighted by atomic mass is 9.99. The molecule has 0 fully saturated rings. The minimum Gasteiger partial charge on any atom is -0.467 e. The van der Waals surface area contributed by atoms with Gasteiger partial charge < -0.3 is 19.9 Å². The van der Waals surface area contributed by atoms with E-state index in [1.54, 1.807) is 4.90 Å². The number of esters is 1. The number of ether oxygens (including phenoxy) is 1. The average molecular weight is 343 g/mol. The molecule has 0 saturated heterocycles. The molecule has 0 radical (unpaired) electrons. The second kappa shape index (κ2) is 7.17. The van der Waals surface area contributed by atoms with Crippen LogP contribution in [0.5, 0.6) is 0 Å². The van der Waals surface area contributed by atoms with Gasteiger partial charge >= 0.3 is 12.0 Å². The van der Waals surface area contributed by atoms with Crippen molar-refractivity contribution >= 4 is 22.9 Å². The Labute approximate surface area is 147 Å². The van der Waals surface area contributed by atoms with Gasteiger partial charge in [0.05, 0.1) is 13.7 Å². The van der Waals surface area contributed by atoms with E-state index in [4.69, 9.17) is 4.74 Å². The molecule has 0 saturated carbocycles. The molecule has 3 rings (SSSR count). The topological polar surface area (TPSA) is 74.4 Å². The number of fused-ring (bicyclic) bond motifs is 3. The Morgan fingerprint density at radius 3 is 2.84 bits per heavy atom. The predicted molar refractivity (Wildman–Crippen MR) is 96.2 cm³/mol. The maximum Gasteiger partial charge on any atom is 0.328 e. The van der Waals surface area contributed by atoms with Crippen LogP contribution in [0, 0.1) is 5.92 Å². The highest BCUT2D eigenvalue weighted by Crippen LogP contribution is 2.27. The second-order valence-electron chi connectivity index (χ2n) is 6.64. The highest BCUT2D eigenvalue weighted by molar-refractivity contribution is 5.86. The number of nitrogens with zero attached hydrogens (tertiary/aromatic N) is 1. The molecule has 2 amide bonds. The van der Waals surface area contributed by atoms with Gasteiger partial charge in [-0.2, -0.15) is 0 Å². The Morgan fingerprint density at radius 1 is 1.36 bits per heavy atom. The highest BCUT2D eigenvalue weighted by Gasteiger charge is 2.30. The van der Waals surface area contributed by atoms with E-state index < -0.39 is 12.0 Å². The van der Waals surface area contributed by atoms with E-state index in [2.05, 4.69) is 16.4 Å². The summed E-state index contributed by atoms with van der Waals surface area (Å²) in [5.74, 6) is -0.379. The van der Waals surface area contributed by atoms with Gasteiger partial charge in [0.1, 0.15) is 6.04 Å². The van der Waals surface area contributed by atoms with E-state index in [0.29, 0.717) is 13.1 Å². The Hall–Kier alpha value is -2.50. The number of carbonyl (C=O) groups is 2. The van der Waals surface area contributed by atoms with Gasteiger partial charge in [-0.15, -0.1) is 0 Å². The van der Waals surface area contributed by atoms with Crippen molar-refractivity contribution in [1.82, 2.24) is 15.2 Å². The Balaban J connectivity index is 1.74. The van der Waals surface area contributed by atoms with Crippen LogP contribution in [0.2, 0.25) is 0 Å². The third-order valence-corrected chi connectivity index (χ3v) is 5.12. The van der Waals surface area contributed by atoms with Crippen molar-refractivity contribution < 1.29 is 14.3 Å². The molecular formula is C19H25N3O3. The summed E-state index contributed by atoms with van der Waals surface area (Å²) in [6, 6.07) is 7.35. The smallest absolute Gasteiger partial charge is 0.328 e. The SMILES string of the molecule is CC[C@H](C)[C@H](NC(=O)N1CCc2c([nH]c3ccccc23)C1)C(=O)OC. The maximum absolute atomic E-state index is 12.7. The summed E-state index contributed by atoms with van der Waals surface area (Å²) >= 11 is 0. The molecule has 0 bridgehead atoms. The molecule has 0 unspecified atom stereocenters. The van der Waals surface area contributed by atoms with Crippen molar-refractivity contribution in [3.63, 3.8) is 0 Å². The molecule has 25 heavy (non-hydrogen) atoms. The molecule has 0 spiro atoms. The summed E-state index contributed by atoms with van der Waals surface area (Å²) in [5, 5.41) is 4.08. The van der Waals surface area contributed by atoms with Crippen LogP contribution in [0.1, 0.15) is 31.5 Å². The molecule has 2 heterocycles. The number of hydrogen-bond donors (Lipinski definition) is 2. The molecule has 1 aliphatic rings. The van der Waals surface area contributed by atoms with Crippen LogP contribution < -0.4 is 5.32 Å². The number of benzene rings is 1. The van der Waals surface area contributed by atoms with Gasteiger partial charge in [-0.1, -0.05) is 38.5 Å². The zero-order valence-corrected chi connectivity index (χ0v) is 15.0. The summed E-state index contributed by atoms with van der Waals surface area (Å²) in [5.41, 5.74) is 3.45. The molecule has 6 nitrogen and oxygen atoms in total. The number of aromatic nitrogens is 1. The van der Waals surface area contributed by atoms with Gasteiger partial charge in [0.15, 0.2) is 0 Å². The predicted octanol–water partition coefficient (Wildman–Crippen LogP) is 2.82. The number of aromatic amines is 1. The minimum atomic E-state index is -0.619. The van der Waals surface area contributed by atoms with Gasteiger partial charge in [0, 0.05) is 23.1 Å². The fourth-order valence-electron chi connectivity index (χ4n) is 3.39. The zero-order valence-electron chi connectivity index (χ0n) is 15.0. The average Bonchev–Trinajstić information content (AvgIpc) is 3.02. The standard InChI is InChI=1S/C19H25N3O3/c1-4-12(2)17(18(23)25-3)21-19(24)22-10-9-14-13-7-5-6-8-15(13)20-16(14)11-22/h5-8,12,17,20H,4,9-11H2,1-3H3,(H,21,24)/t12-,17-/m0/s1. The monoisotopic (exact) mass is 343 g/mol. The number of methoxy groups -OCH3 is 1. The van der Waals surface area contributed by atoms with Crippen molar-refractivity contribution in [1.29, 1.82) is 0 Å². The molecule has 134 valence electrons. The van der Waals surface area contributed by atoms with Crippen LogP contribution in [0.25, 0.3) is 10.9 Å². The molecule has 6 heteroatoms. The van der Waals surface area contributed by atoms with Gasteiger partial charge in [-0.05, 0) is 24.0 Å². The lowest BCUT2D eigenvalue weighted by molar-refractivity contribution is -0.144. The fraction of sp³-hybridized carbons (Fsp3) is 0.474.